The molecular weight excluding hydrogens is 321 g/mol. The van der Waals surface area contributed by atoms with Gasteiger partial charge < -0.3 is 11.5 Å². The van der Waals surface area contributed by atoms with Crippen LogP contribution in [0.15, 0.2) is 48.8 Å². The van der Waals surface area contributed by atoms with Gasteiger partial charge in [0.2, 0.25) is 0 Å². The molecule has 0 atom stereocenters. The number of hydrogen-bond donors (Lipinski definition) is 2. The number of nitrogen functional groups attached to an aromatic ring is 2. The minimum absolute atomic E-state index is 0.137. The molecule has 124 valence electrons. The normalized spacial score (nSPS) is 11.1. The number of rotatable bonds is 3. The van der Waals surface area contributed by atoms with Crippen LogP contribution in [0.2, 0.25) is 0 Å². The highest BCUT2D eigenvalue weighted by Crippen LogP contribution is 2.27. The zero-order chi connectivity index (χ0) is 17.4. The summed E-state index contributed by atoms with van der Waals surface area (Å²) in [5, 5.41) is 5.33. The quantitative estimate of drug-likeness (QED) is 0.594. The molecule has 0 unspecified atom stereocenters. The Hall–Kier alpha value is -3.55. The Kier molecular flexibility index (Phi) is 3.50. The van der Waals surface area contributed by atoms with Crippen LogP contribution in [0.5, 0.6) is 0 Å². The van der Waals surface area contributed by atoms with Crippen molar-refractivity contribution in [3.05, 3.63) is 60.2 Å². The van der Waals surface area contributed by atoms with E-state index in [1.54, 1.807) is 35.1 Å². The summed E-state index contributed by atoms with van der Waals surface area (Å²) in [6, 6.07) is 10.2. The second-order valence-corrected chi connectivity index (χ2v) is 5.50. The number of benzene rings is 1. The molecule has 0 saturated heterocycles. The highest BCUT2D eigenvalue weighted by Gasteiger charge is 2.16. The maximum atomic E-state index is 14.0. The zero-order valence-electron chi connectivity index (χ0n) is 13.1. The molecule has 3 aromatic heterocycles. The van der Waals surface area contributed by atoms with Crippen molar-refractivity contribution in [1.29, 1.82) is 0 Å². The monoisotopic (exact) mass is 335 g/mol. The van der Waals surface area contributed by atoms with Crippen molar-refractivity contribution < 1.29 is 4.39 Å². The number of halogens is 1. The van der Waals surface area contributed by atoms with E-state index in [0.717, 1.165) is 5.39 Å². The van der Waals surface area contributed by atoms with Crippen LogP contribution in [-0.4, -0.2) is 24.7 Å². The first-order valence-corrected chi connectivity index (χ1v) is 7.57. The lowest BCUT2D eigenvalue weighted by Crippen LogP contribution is -2.05. The second-order valence-electron chi connectivity index (χ2n) is 5.50. The lowest BCUT2D eigenvalue weighted by Gasteiger charge is -2.04. The number of fused-ring (bicyclic) bond motifs is 1. The number of pyridine rings is 1. The second kappa shape index (κ2) is 5.82. The fourth-order valence-corrected chi connectivity index (χ4v) is 2.62. The van der Waals surface area contributed by atoms with Crippen molar-refractivity contribution in [2.75, 3.05) is 11.5 Å². The smallest absolute Gasteiger partial charge is 0.166 e. The van der Waals surface area contributed by atoms with Gasteiger partial charge in [0, 0.05) is 17.1 Å². The van der Waals surface area contributed by atoms with Gasteiger partial charge in [-0.2, -0.15) is 5.10 Å². The van der Waals surface area contributed by atoms with Crippen molar-refractivity contribution >= 4 is 22.7 Å². The van der Waals surface area contributed by atoms with E-state index in [-0.39, 0.29) is 24.0 Å². The summed E-state index contributed by atoms with van der Waals surface area (Å²) in [5.74, 6) is 0.00955. The molecule has 7 nitrogen and oxygen atoms in total. The molecule has 4 aromatic rings. The summed E-state index contributed by atoms with van der Waals surface area (Å²) in [7, 11) is 0. The van der Waals surface area contributed by atoms with Gasteiger partial charge in [0.05, 0.1) is 12.7 Å². The van der Waals surface area contributed by atoms with Crippen LogP contribution in [-0.2, 0) is 6.54 Å². The third-order valence-corrected chi connectivity index (χ3v) is 3.86. The summed E-state index contributed by atoms with van der Waals surface area (Å²) in [4.78, 5) is 12.6. The standard InChI is InChI=1S/C17H14FN7/c18-12-6-2-1-4-10(12)9-25-17-11(5-3-7-21-17)14(24-25)13-8-22-15(19)16(20)23-13/h1-8H,9H2,(H2,19,22)(H2,20,23). The minimum Gasteiger partial charge on any atom is -0.381 e. The largest absolute Gasteiger partial charge is 0.381 e. The van der Waals surface area contributed by atoms with E-state index in [1.807, 2.05) is 6.07 Å². The first-order chi connectivity index (χ1) is 12.1. The molecule has 1 aromatic carbocycles. The van der Waals surface area contributed by atoms with Crippen LogP contribution in [0, 0.1) is 5.82 Å². The van der Waals surface area contributed by atoms with Crippen LogP contribution < -0.4 is 11.5 Å². The summed E-state index contributed by atoms with van der Waals surface area (Å²) < 4.78 is 15.6. The molecule has 4 N–H and O–H groups in total. The first-order valence-electron chi connectivity index (χ1n) is 7.57. The van der Waals surface area contributed by atoms with Crippen molar-refractivity contribution in [3.63, 3.8) is 0 Å². The fraction of sp³-hybridized carbons (Fsp3) is 0.0588. The molecule has 0 aliphatic carbocycles. The zero-order valence-corrected chi connectivity index (χ0v) is 13.1. The Labute approximate surface area is 142 Å². The van der Waals surface area contributed by atoms with Gasteiger partial charge >= 0.3 is 0 Å². The average molecular weight is 335 g/mol. The van der Waals surface area contributed by atoms with Crippen LogP contribution in [0.4, 0.5) is 16.0 Å². The Morgan fingerprint density at radius 1 is 1.00 bits per heavy atom. The molecule has 0 fully saturated rings. The maximum absolute atomic E-state index is 14.0. The Bertz CT molecular complexity index is 1070. The SMILES string of the molecule is Nc1ncc(-c2nn(Cc3ccccc3F)c3ncccc23)nc1N. The summed E-state index contributed by atoms with van der Waals surface area (Å²) in [6.45, 7) is 0.248. The van der Waals surface area contributed by atoms with E-state index in [0.29, 0.717) is 22.6 Å². The van der Waals surface area contributed by atoms with Gasteiger partial charge in [0.15, 0.2) is 17.3 Å². The van der Waals surface area contributed by atoms with Crippen molar-refractivity contribution in [3.8, 4) is 11.4 Å². The molecular formula is C17H14FN7. The number of nitrogens with zero attached hydrogens (tertiary/aromatic N) is 5. The van der Waals surface area contributed by atoms with Crippen LogP contribution in [0.25, 0.3) is 22.4 Å². The molecule has 25 heavy (non-hydrogen) atoms. The van der Waals surface area contributed by atoms with E-state index in [9.17, 15) is 4.39 Å². The molecule has 0 aliphatic heterocycles. The number of nitrogens with two attached hydrogens (primary N) is 2. The average Bonchev–Trinajstić information content (AvgIpc) is 2.98. The summed E-state index contributed by atoms with van der Waals surface area (Å²) in [6.07, 6.45) is 3.17. The number of aromatic nitrogens is 5. The van der Waals surface area contributed by atoms with E-state index < -0.39 is 0 Å². The molecule has 0 amide bonds. The van der Waals surface area contributed by atoms with E-state index >= 15 is 0 Å². The molecule has 0 saturated carbocycles. The lowest BCUT2D eigenvalue weighted by molar-refractivity contribution is 0.589. The molecule has 3 heterocycles. The van der Waals surface area contributed by atoms with Crippen LogP contribution in [0.1, 0.15) is 5.56 Å². The lowest BCUT2D eigenvalue weighted by atomic mass is 10.2. The molecule has 8 heteroatoms. The topological polar surface area (TPSA) is 109 Å². The Balaban J connectivity index is 1.87. The van der Waals surface area contributed by atoms with E-state index in [1.165, 1.54) is 12.3 Å². The van der Waals surface area contributed by atoms with Gasteiger partial charge in [0.25, 0.3) is 0 Å². The molecule has 0 radical (unpaired) electrons. The van der Waals surface area contributed by atoms with E-state index in [4.69, 9.17) is 11.5 Å². The van der Waals surface area contributed by atoms with Gasteiger partial charge in [-0.05, 0) is 18.2 Å². The van der Waals surface area contributed by atoms with Gasteiger partial charge in [-0.3, -0.25) is 0 Å². The summed E-state index contributed by atoms with van der Waals surface area (Å²) >= 11 is 0. The van der Waals surface area contributed by atoms with Gasteiger partial charge in [-0.25, -0.2) is 24.0 Å². The van der Waals surface area contributed by atoms with Crippen LogP contribution >= 0.6 is 0 Å². The van der Waals surface area contributed by atoms with Gasteiger partial charge in [-0.1, -0.05) is 18.2 Å². The van der Waals surface area contributed by atoms with E-state index in [2.05, 4.69) is 20.1 Å². The van der Waals surface area contributed by atoms with Crippen molar-refractivity contribution in [2.45, 2.75) is 6.54 Å². The highest BCUT2D eigenvalue weighted by molar-refractivity contribution is 5.90. The predicted molar refractivity (Wildman–Crippen MR) is 92.9 cm³/mol. The van der Waals surface area contributed by atoms with Crippen molar-refractivity contribution in [2.24, 2.45) is 0 Å². The predicted octanol–water partition coefficient (Wildman–Crippen LogP) is 2.24. The number of hydrogen-bond acceptors (Lipinski definition) is 6. The van der Waals surface area contributed by atoms with Crippen molar-refractivity contribution in [1.82, 2.24) is 24.7 Å². The van der Waals surface area contributed by atoms with Gasteiger partial charge in [0.1, 0.15) is 17.2 Å². The fourth-order valence-electron chi connectivity index (χ4n) is 2.62. The van der Waals surface area contributed by atoms with Crippen LogP contribution in [0.3, 0.4) is 0 Å². The Morgan fingerprint density at radius 3 is 2.64 bits per heavy atom. The number of anilines is 2. The minimum atomic E-state index is -0.292. The molecule has 4 rings (SSSR count). The molecule has 0 spiro atoms. The third kappa shape index (κ3) is 2.63. The Morgan fingerprint density at radius 2 is 1.84 bits per heavy atom. The first kappa shape index (κ1) is 15.0. The molecule has 0 aliphatic rings. The summed E-state index contributed by atoms with van der Waals surface area (Å²) in [5.41, 5.74) is 13.6. The molecule has 0 bridgehead atoms. The third-order valence-electron chi connectivity index (χ3n) is 3.86. The van der Waals surface area contributed by atoms with Gasteiger partial charge in [-0.15, -0.1) is 0 Å². The highest BCUT2D eigenvalue weighted by atomic mass is 19.1. The maximum Gasteiger partial charge on any atom is 0.166 e.